The quantitative estimate of drug-likeness (QED) is 0.625. The summed E-state index contributed by atoms with van der Waals surface area (Å²) in [5.41, 5.74) is 0. The van der Waals surface area contributed by atoms with Gasteiger partial charge < -0.3 is 10.2 Å². The van der Waals surface area contributed by atoms with Crippen LogP contribution in [-0.4, -0.2) is 32.7 Å². The van der Waals surface area contributed by atoms with Gasteiger partial charge in [-0.3, -0.25) is 4.68 Å². The van der Waals surface area contributed by atoms with E-state index >= 15 is 0 Å². The summed E-state index contributed by atoms with van der Waals surface area (Å²) in [5.74, 6) is 0. The topological polar surface area (TPSA) is 58.3 Å². The molecule has 62 valence electrons. The Labute approximate surface area is 65.1 Å². The molecule has 1 aromatic rings. The Balaban J connectivity index is 2.31. The molecule has 0 bridgehead atoms. The standard InChI is InChI=1S/C7H12N2O2/c10-5-2-7(11)6-9-4-1-3-8-9/h1,3-4,7,10-11H,2,5-6H2. The lowest BCUT2D eigenvalue weighted by atomic mass is 10.3. The lowest BCUT2D eigenvalue weighted by Gasteiger charge is -2.07. The van der Waals surface area contributed by atoms with Crippen molar-refractivity contribution in [1.82, 2.24) is 9.78 Å². The Morgan fingerprint density at radius 3 is 2.91 bits per heavy atom. The van der Waals surface area contributed by atoms with Gasteiger partial charge in [-0.2, -0.15) is 5.10 Å². The lowest BCUT2D eigenvalue weighted by molar-refractivity contribution is 0.113. The van der Waals surface area contributed by atoms with Crippen molar-refractivity contribution in [3.05, 3.63) is 18.5 Å². The lowest BCUT2D eigenvalue weighted by Crippen LogP contribution is -2.17. The van der Waals surface area contributed by atoms with Crippen molar-refractivity contribution >= 4 is 0 Å². The van der Waals surface area contributed by atoms with Crippen LogP contribution in [0.2, 0.25) is 0 Å². The van der Waals surface area contributed by atoms with Crippen molar-refractivity contribution in [1.29, 1.82) is 0 Å². The maximum Gasteiger partial charge on any atom is 0.0757 e. The zero-order valence-corrected chi connectivity index (χ0v) is 6.22. The molecule has 0 aromatic carbocycles. The molecule has 0 fully saturated rings. The summed E-state index contributed by atoms with van der Waals surface area (Å²) < 4.78 is 1.64. The summed E-state index contributed by atoms with van der Waals surface area (Å²) in [4.78, 5) is 0. The van der Waals surface area contributed by atoms with E-state index in [2.05, 4.69) is 5.10 Å². The molecule has 0 aliphatic carbocycles. The minimum absolute atomic E-state index is 0.0163. The van der Waals surface area contributed by atoms with Crippen LogP contribution in [0, 0.1) is 0 Å². The highest BCUT2D eigenvalue weighted by Crippen LogP contribution is 1.94. The molecule has 2 N–H and O–H groups in total. The largest absolute Gasteiger partial charge is 0.396 e. The van der Waals surface area contributed by atoms with Gasteiger partial charge in [-0.25, -0.2) is 0 Å². The normalized spacial score (nSPS) is 13.3. The van der Waals surface area contributed by atoms with Crippen LogP contribution in [-0.2, 0) is 6.54 Å². The zero-order valence-electron chi connectivity index (χ0n) is 6.22. The molecule has 0 spiro atoms. The SMILES string of the molecule is OCCC(O)Cn1cccn1. The smallest absolute Gasteiger partial charge is 0.0757 e. The van der Waals surface area contributed by atoms with Gasteiger partial charge in [-0.05, 0) is 12.5 Å². The van der Waals surface area contributed by atoms with E-state index < -0.39 is 6.10 Å². The molecule has 4 heteroatoms. The Kier molecular flexibility index (Phi) is 3.07. The first kappa shape index (κ1) is 8.23. The molecule has 1 aromatic heterocycles. The predicted molar refractivity (Wildman–Crippen MR) is 39.9 cm³/mol. The molecule has 0 radical (unpaired) electrons. The summed E-state index contributed by atoms with van der Waals surface area (Å²) in [6.07, 6.45) is 3.34. The van der Waals surface area contributed by atoms with Gasteiger partial charge in [0.15, 0.2) is 0 Å². The predicted octanol–water partition coefficient (Wildman–Crippen LogP) is -0.374. The molecular weight excluding hydrogens is 144 g/mol. The van der Waals surface area contributed by atoms with Crippen LogP contribution in [0.3, 0.4) is 0 Å². The number of hydrogen-bond acceptors (Lipinski definition) is 3. The fourth-order valence-corrected chi connectivity index (χ4v) is 0.865. The minimum Gasteiger partial charge on any atom is -0.396 e. The van der Waals surface area contributed by atoms with E-state index in [0.29, 0.717) is 13.0 Å². The summed E-state index contributed by atoms with van der Waals surface area (Å²) in [6, 6.07) is 1.80. The molecule has 1 heterocycles. The van der Waals surface area contributed by atoms with Crippen LogP contribution in [0.4, 0.5) is 0 Å². The number of rotatable bonds is 4. The van der Waals surface area contributed by atoms with Crippen molar-refractivity contribution in [3.63, 3.8) is 0 Å². The Hall–Kier alpha value is -0.870. The highest BCUT2D eigenvalue weighted by atomic mass is 16.3. The van der Waals surface area contributed by atoms with Crippen LogP contribution < -0.4 is 0 Å². The van der Waals surface area contributed by atoms with Gasteiger partial charge in [0.2, 0.25) is 0 Å². The number of nitrogens with zero attached hydrogens (tertiary/aromatic N) is 2. The molecule has 0 saturated heterocycles. The van der Waals surface area contributed by atoms with Gasteiger partial charge in [0.05, 0.1) is 12.6 Å². The molecule has 1 unspecified atom stereocenters. The molecule has 1 rings (SSSR count). The fraction of sp³-hybridized carbons (Fsp3) is 0.571. The molecule has 1 atom stereocenters. The Morgan fingerprint density at radius 2 is 2.36 bits per heavy atom. The number of aromatic nitrogens is 2. The number of hydrogen-bond donors (Lipinski definition) is 2. The van der Waals surface area contributed by atoms with Crippen LogP contribution >= 0.6 is 0 Å². The second-order valence-electron chi connectivity index (χ2n) is 2.39. The average molecular weight is 156 g/mol. The van der Waals surface area contributed by atoms with Gasteiger partial charge in [0.25, 0.3) is 0 Å². The maximum atomic E-state index is 9.20. The van der Waals surface area contributed by atoms with Gasteiger partial charge in [-0.15, -0.1) is 0 Å². The highest BCUT2D eigenvalue weighted by molar-refractivity contribution is 4.78. The average Bonchev–Trinajstić information content (AvgIpc) is 2.40. The van der Waals surface area contributed by atoms with Crippen molar-refractivity contribution in [3.8, 4) is 0 Å². The third-order valence-electron chi connectivity index (χ3n) is 1.42. The Morgan fingerprint density at radius 1 is 1.55 bits per heavy atom. The van der Waals surface area contributed by atoms with Crippen molar-refractivity contribution in [2.45, 2.75) is 19.1 Å². The monoisotopic (exact) mass is 156 g/mol. The van der Waals surface area contributed by atoms with E-state index in [4.69, 9.17) is 5.11 Å². The first-order valence-electron chi connectivity index (χ1n) is 3.59. The van der Waals surface area contributed by atoms with E-state index in [9.17, 15) is 5.11 Å². The van der Waals surface area contributed by atoms with E-state index in [1.54, 1.807) is 23.1 Å². The molecule has 0 saturated carbocycles. The zero-order chi connectivity index (χ0) is 8.10. The van der Waals surface area contributed by atoms with Crippen molar-refractivity contribution < 1.29 is 10.2 Å². The van der Waals surface area contributed by atoms with Crippen molar-refractivity contribution in [2.75, 3.05) is 6.61 Å². The maximum absolute atomic E-state index is 9.20. The molecule has 11 heavy (non-hydrogen) atoms. The molecule has 0 amide bonds. The molecular formula is C7H12N2O2. The Bertz CT molecular complexity index is 186. The van der Waals surface area contributed by atoms with Gasteiger partial charge >= 0.3 is 0 Å². The van der Waals surface area contributed by atoms with Crippen LogP contribution in [0.1, 0.15) is 6.42 Å². The third-order valence-corrected chi connectivity index (χ3v) is 1.42. The highest BCUT2D eigenvalue weighted by Gasteiger charge is 2.02. The van der Waals surface area contributed by atoms with E-state index in [1.807, 2.05) is 0 Å². The number of aliphatic hydroxyl groups excluding tert-OH is 2. The van der Waals surface area contributed by atoms with Gasteiger partial charge in [-0.1, -0.05) is 0 Å². The molecule has 0 aliphatic heterocycles. The summed E-state index contributed by atoms with van der Waals surface area (Å²) in [5, 5.41) is 21.6. The summed E-state index contributed by atoms with van der Waals surface area (Å²) in [6.45, 7) is 0.468. The first-order chi connectivity index (χ1) is 5.33. The van der Waals surface area contributed by atoms with Crippen LogP contribution in [0.5, 0.6) is 0 Å². The molecule has 0 aliphatic rings. The van der Waals surface area contributed by atoms with Gasteiger partial charge in [0, 0.05) is 19.0 Å². The summed E-state index contributed by atoms with van der Waals surface area (Å²) >= 11 is 0. The summed E-state index contributed by atoms with van der Waals surface area (Å²) in [7, 11) is 0. The second-order valence-corrected chi connectivity index (χ2v) is 2.39. The van der Waals surface area contributed by atoms with E-state index in [-0.39, 0.29) is 6.61 Å². The van der Waals surface area contributed by atoms with E-state index in [0.717, 1.165) is 0 Å². The number of aliphatic hydroxyl groups is 2. The third kappa shape index (κ3) is 2.69. The molecule has 4 nitrogen and oxygen atoms in total. The second kappa shape index (κ2) is 4.10. The van der Waals surface area contributed by atoms with Gasteiger partial charge in [0.1, 0.15) is 0 Å². The minimum atomic E-state index is -0.500. The van der Waals surface area contributed by atoms with E-state index in [1.165, 1.54) is 0 Å². The van der Waals surface area contributed by atoms with Crippen LogP contribution in [0.15, 0.2) is 18.5 Å². The first-order valence-corrected chi connectivity index (χ1v) is 3.59. The van der Waals surface area contributed by atoms with Crippen LogP contribution in [0.25, 0.3) is 0 Å². The van der Waals surface area contributed by atoms with Crippen molar-refractivity contribution in [2.24, 2.45) is 0 Å². The fourth-order valence-electron chi connectivity index (χ4n) is 0.865.